The second kappa shape index (κ2) is 9.47. The highest BCUT2D eigenvalue weighted by atomic mass is 28.3. The number of carbonyl (C=O) groups excluding carboxylic acids is 1. The maximum absolute atomic E-state index is 10.9. The van der Waals surface area contributed by atoms with Crippen LogP contribution in [-0.2, 0) is 24.8 Å². The van der Waals surface area contributed by atoms with Crippen LogP contribution in [0.5, 0.6) is 0 Å². The Bertz CT molecular complexity index is 430. The number of unbranched alkanes of at least 4 members (excludes halogenated alkanes) is 1. The van der Waals surface area contributed by atoms with E-state index in [0.717, 1.165) is 24.4 Å². The smallest absolute Gasteiger partial charge is 0.423 e. The molecular formula is C15H21O4Si. The average Bonchev–Trinajstić information content (AvgIpc) is 2.49. The quantitative estimate of drug-likeness (QED) is 0.301. The Morgan fingerprint density at radius 3 is 2.60 bits per heavy atom. The van der Waals surface area contributed by atoms with E-state index in [-0.39, 0.29) is 5.97 Å². The summed E-state index contributed by atoms with van der Waals surface area (Å²) in [5.41, 5.74) is 1.24. The van der Waals surface area contributed by atoms with Gasteiger partial charge in [-0.15, -0.1) is 0 Å². The molecule has 0 aliphatic carbocycles. The summed E-state index contributed by atoms with van der Waals surface area (Å²) in [4.78, 5) is 10.9. The first-order valence-electron chi connectivity index (χ1n) is 6.55. The van der Waals surface area contributed by atoms with Gasteiger partial charge in [0.1, 0.15) is 0 Å². The maximum Gasteiger partial charge on any atom is 0.423 e. The molecular weight excluding hydrogens is 272 g/mol. The molecule has 0 fully saturated rings. The molecule has 20 heavy (non-hydrogen) atoms. The number of ether oxygens (including phenoxy) is 1. The normalized spacial score (nSPS) is 10.6. The summed E-state index contributed by atoms with van der Waals surface area (Å²) in [6, 6.07) is 8.15. The minimum atomic E-state index is -1.39. The van der Waals surface area contributed by atoms with Crippen molar-refractivity contribution in [1.82, 2.24) is 0 Å². The van der Waals surface area contributed by atoms with Crippen LogP contribution in [0.15, 0.2) is 36.9 Å². The van der Waals surface area contributed by atoms with Gasteiger partial charge in [0.05, 0.1) is 6.61 Å². The van der Waals surface area contributed by atoms with Gasteiger partial charge in [-0.2, -0.15) is 0 Å². The predicted molar refractivity (Wildman–Crippen MR) is 79.9 cm³/mol. The summed E-state index contributed by atoms with van der Waals surface area (Å²) in [7, 11) is 1.95. The van der Waals surface area contributed by atoms with Crippen molar-refractivity contribution in [3.05, 3.63) is 42.5 Å². The second-order valence-electron chi connectivity index (χ2n) is 4.18. The molecule has 1 rings (SSSR count). The van der Waals surface area contributed by atoms with E-state index in [1.54, 1.807) is 14.2 Å². The lowest BCUT2D eigenvalue weighted by molar-refractivity contribution is -0.137. The Kier molecular flexibility index (Phi) is 7.87. The first kappa shape index (κ1) is 16.6. The van der Waals surface area contributed by atoms with Crippen LogP contribution in [0.1, 0.15) is 18.4 Å². The molecule has 0 spiro atoms. The van der Waals surface area contributed by atoms with Crippen LogP contribution in [0.25, 0.3) is 0 Å². The Balaban J connectivity index is 2.47. The molecule has 0 atom stereocenters. The molecule has 0 saturated heterocycles. The monoisotopic (exact) mass is 293 g/mol. The predicted octanol–water partition coefficient (Wildman–Crippen LogP) is 1.73. The fourth-order valence-electron chi connectivity index (χ4n) is 1.89. The van der Waals surface area contributed by atoms with Crippen molar-refractivity contribution in [2.45, 2.75) is 19.3 Å². The molecule has 0 saturated carbocycles. The average molecular weight is 293 g/mol. The van der Waals surface area contributed by atoms with E-state index >= 15 is 0 Å². The van der Waals surface area contributed by atoms with Crippen LogP contribution in [0.2, 0.25) is 0 Å². The van der Waals surface area contributed by atoms with Crippen molar-refractivity contribution in [3.8, 4) is 0 Å². The van der Waals surface area contributed by atoms with E-state index in [4.69, 9.17) is 13.6 Å². The van der Waals surface area contributed by atoms with Crippen molar-refractivity contribution < 1.29 is 18.4 Å². The second-order valence-corrected chi connectivity index (χ2v) is 6.11. The van der Waals surface area contributed by atoms with Crippen LogP contribution < -0.4 is 5.19 Å². The van der Waals surface area contributed by atoms with E-state index in [1.165, 1.54) is 11.6 Å². The molecule has 0 aliphatic rings. The highest BCUT2D eigenvalue weighted by Gasteiger charge is 2.18. The highest BCUT2D eigenvalue weighted by Crippen LogP contribution is 2.05. The van der Waals surface area contributed by atoms with Crippen LogP contribution in [0, 0.1) is 0 Å². The molecule has 0 amide bonds. The number of hydrogen-bond donors (Lipinski definition) is 0. The van der Waals surface area contributed by atoms with Gasteiger partial charge >= 0.3 is 15.3 Å². The largest absolute Gasteiger partial charge is 0.463 e. The van der Waals surface area contributed by atoms with E-state index in [1.807, 2.05) is 18.2 Å². The Morgan fingerprint density at radius 2 is 1.95 bits per heavy atom. The zero-order chi connectivity index (χ0) is 14.8. The van der Waals surface area contributed by atoms with Gasteiger partial charge in [-0.3, -0.25) is 0 Å². The summed E-state index contributed by atoms with van der Waals surface area (Å²) in [6.07, 6.45) is 3.88. The fourth-order valence-corrected chi connectivity index (χ4v) is 3.20. The van der Waals surface area contributed by atoms with E-state index in [0.29, 0.717) is 6.61 Å². The molecule has 0 aromatic heterocycles. The van der Waals surface area contributed by atoms with Gasteiger partial charge in [0.2, 0.25) is 0 Å². The number of esters is 1. The van der Waals surface area contributed by atoms with Gasteiger partial charge in [-0.1, -0.05) is 30.8 Å². The fraction of sp³-hybridized carbons (Fsp3) is 0.400. The van der Waals surface area contributed by atoms with Crippen LogP contribution in [-0.4, -0.2) is 36.1 Å². The highest BCUT2D eigenvalue weighted by molar-refractivity contribution is 6.61. The molecule has 0 N–H and O–H groups in total. The number of rotatable bonds is 9. The van der Waals surface area contributed by atoms with Crippen LogP contribution in [0.4, 0.5) is 0 Å². The third-order valence-corrected chi connectivity index (χ3v) is 4.53. The summed E-state index contributed by atoms with van der Waals surface area (Å²) >= 11 is 0. The number of carbonyl (C=O) groups is 1. The van der Waals surface area contributed by atoms with E-state index in [9.17, 15) is 4.79 Å². The van der Waals surface area contributed by atoms with Crippen molar-refractivity contribution >= 4 is 20.4 Å². The first-order chi connectivity index (χ1) is 9.72. The molecule has 4 nitrogen and oxygen atoms in total. The van der Waals surface area contributed by atoms with E-state index < -0.39 is 9.28 Å². The molecule has 109 valence electrons. The summed E-state index contributed by atoms with van der Waals surface area (Å²) < 4.78 is 15.7. The molecule has 0 heterocycles. The van der Waals surface area contributed by atoms with Gasteiger partial charge in [0.25, 0.3) is 0 Å². The standard InChI is InChI=1S/C15H21O4Si/c1-4-15(16)19-12-8-7-10-13-9-5-6-11-14(13)20(17-2)18-3/h4-6,9,11H,1,7-8,10,12H2,2-3H3. The maximum atomic E-state index is 10.9. The molecule has 1 aromatic carbocycles. The van der Waals surface area contributed by atoms with Crippen molar-refractivity contribution in [2.75, 3.05) is 20.8 Å². The lowest BCUT2D eigenvalue weighted by Gasteiger charge is -2.14. The molecule has 0 aliphatic heterocycles. The SMILES string of the molecule is C=CC(=O)OCCCCc1ccccc1[Si](OC)OC. The molecule has 1 radical (unpaired) electrons. The van der Waals surface area contributed by atoms with Crippen molar-refractivity contribution in [2.24, 2.45) is 0 Å². The summed E-state index contributed by atoms with van der Waals surface area (Å²) in [5, 5.41) is 1.14. The third kappa shape index (κ3) is 5.28. The van der Waals surface area contributed by atoms with Crippen LogP contribution >= 0.6 is 0 Å². The third-order valence-electron chi connectivity index (χ3n) is 2.86. The van der Waals surface area contributed by atoms with Crippen molar-refractivity contribution in [3.63, 3.8) is 0 Å². The molecule has 5 heteroatoms. The number of hydrogen-bond acceptors (Lipinski definition) is 4. The number of aryl methyl sites for hydroxylation is 1. The summed E-state index contributed by atoms with van der Waals surface area (Å²) in [5.74, 6) is -0.366. The minimum Gasteiger partial charge on any atom is -0.463 e. The molecule has 0 unspecified atom stereocenters. The minimum absolute atomic E-state index is 0.366. The Labute approximate surface area is 122 Å². The zero-order valence-electron chi connectivity index (χ0n) is 12.1. The summed E-state index contributed by atoms with van der Waals surface area (Å²) in [6.45, 7) is 3.79. The Morgan fingerprint density at radius 1 is 1.25 bits per heavy atom. The topological polar surface area (TPSA) is 44.8 Å². The van der Waals surface area contributed by atoms with Crippen LogP contribution in [0.3, 0.4) is 0 Å². The lowest BCUT2D eigenvalue weighted by atomic mass is 10.1. The van der Waals surface area contributed by atoms with E-state index in [2.05, 4.69) is 12.6 Å². The first-order valence-corrected chi connectivity index (χ1v) is 7.87. The molecule has 0 bridgehead atoms. The Hall–Kier alpha value is -1.43. The van der Waals surface area contributed by atoms with Crippen molar-refractivity contribution in [1.29, 1.82) is 0 Å². The molecule has 1 aromatic rings. The van der Waals surface area contributed by atoms with Gasteiger partial charge < -0.3 is 13.6 Å². The number of benzene rings is 1. The van der Waals surface area contributed by atoms with Gasteiger partial charge in [-0.05, 0) is 30.0 Å². The van der Waals surface area contributed by atoms with Gasteiger partial charge in [0.15, 0.2) is 0 Å². The lowest BCUT2D eigenvalue weighted by Crippen LogP contribution is -2.37. The van der Waals surface area contributed by atoms with Gasteiger partial charge in [-0.25, -0.2) is 4.79 Å². The van der Waals surface area contributed by atoms with Gasteiger partial charge in [0, 0.05) is 20.3 Å². The zero-order valence-corrected chi connectivity index (χ0v) is 13.1.